The van der Waals surface area contributed by atoms with Crippen molar-refractivity contribution < 1.29 is 13.2 Å². The molecule has 0 aliphatic carbocycles. The lowest BCUT2D eigenvalue weighted by molar-refractivity contribution is 0.0953. The van der Waals surface area contributed by atoms with E-state index >= 15 is 0 Å². The quantitative estimate of drug-likeness (QED) is 0.499. The molecular formula is C25H28N2O3S. The summed E-state index contributed by atoms with van der Waals surface area (Å²) in [7, 11) is -3.81. The van der Waals surface area contributed by atoms with Crippen molar-refractivity contribution in [2.75, 3.05) is 11.3 Å². The fraction of sp³-hybridized carbons (Fsp3) is 0.240. The smallest absolute Gasteiger partial charge is 0.262 e. The Kier molecular flexibility index (Phi) is 7.13. The van der Waals surface area contributed by atoms with Crippen LogP contribution in [0.2, 0.25) is 0 Å². The van der Waals surface area contributed by atoms with Gasteiger partial charge in [0, 0.05) is 17.8 Å². The Morgan fingerprint density at radius 1 is 0.839 bits per heavy atom. The van der Waals surface area contributed by atoms with Crippen molar-refractivity contribution in [1.82, 2.24) is 5.32 Å². The number of amides is 1. The van der Waals surface area contributed by atoms with Crippen LogP contribution in [0, 0.1) is 20.8 Å². The third-order valence-corrected chi connectivity index (χ3v) is 6.62. The minimum atomic E-state index is -3.81. The van der Waals surface area contributed by atoms with Gasteiger partial charge in [0.2, 0.25) is 0 Å². The largest absolute Gasteiger partial charge is 0.352 e. The first-order valence-corrected chi connectivity index (χ1v) is 11.8. The zero-order valence-corrected chi connectivity index (χ0v) is 18.9. The number of carbonyl (C=O) groups is 1. The molecule has 3 aromatic rings. The third-order valence-electron chi connectivity index (χ3n) is 5.09. The third kappa shape index (κ3) is 6.18. The lowest BCUT2D eigenvalue weighted by atomic mass is 10.1. The van der Waals surface area contributed by atoms with Crippen LogP contribution in [-0.2, 0) is 16.4 Å². The van der Waals surface area contributed by atoms with E-state index in [4.69, 9.17) is 0 Å². The Bertz CT molecular complexity index is 1150. The Morgan fingerprint density at radius 3 is 2.10 bits per heavy atom. The van der Waals surface area contributed by atoms with Crippen LogP contribution in [0.4, 0.5) is 5.69 Å². The monoisotopic (exact) mass is 436 g/mol. The van der Waals surface area contributed by atoms with Crippen LogP contribution >= 0.6 is 0 Å². The zero-order chi connectivity index (χ0) is 22.4. The molecule has 31 heavy (non-hydrogen) atoms. The fourth-order valence-corrected chi connectivity index (χ4v) is 4.54. The number of aryl methyl sites for hydroxylation is 4. The SMILES string of the molecule is Cc1ccc(CCCNC(=O)c2ccc(C)c(S(=O)(=O)Nc3ccc(C)cc3)c2)cc1. The Balaban J connectivity index is 1.64. The molecule has 3 rings (SSSR count). The van der Waals surface area contributed by atoms with Crippen molar-refractivity contribution in [3.63, 3.8) is 0 Å². The van der Waals surface area contributed by atoms with Crippen molar-refractivity contribution in [2.45, 2.75) is 38.5 Å². The van der Waals surface area contributed by atoms with Crippen LogP contribution in [0.3, 0.4) is 0 Å². The van der Waals surface area contributed by atoms with Gasteiger partial charge in [0.15, 0.2) is 0 Å². The first-order chi connectivity index (χ1) is 14.7. The summed E-state index contributed by atoms with van der Waals surface area (Å²) < 4.78 is 28.3. The highest BCUT2D eigenvalue weighted by atomic mass is 32.2. The molecule has 162 valence electrons. The molecule has 0 saturated heterocycles. The predicted octanol–water partition coefficient (Wildman–Crippen LogP) is 4.78. The Hall–Kier alpha value is -3.12. The second-order valence-electron chi connectivity index (χ2n) is 7.80. The topological polar surface area (TPSA) is 75.3 Å². The predicted molar refractivity (Wildman–Crippen MR) is 125 cm³/mol. The van der Waals surface area contributed by atoms with Gasteiger partial charge in [0.25, 0.3) is 15.9 Å². The summed E-state index contributed by atoms with van der Waals surface area (Å²) in [6, 6.07) is 20.2. The van der Waals surface area contributed by atoms with Crippen molar-refractivity contribution in [3.05, 3.63) is 94.5 Å². The summed E-state index contributed by atoms with van der Waals surface area (Å²) >= 11 is 0. The molecule has 0 aliphatic heterocycles. The maximum atomic E-state index is 12.9. The molecule has 0 unspecified atom stereocenters. The van der Waals surface area contributed by atoms with E-state index in [-0.39, 0.29) is 10.8 Å². The van der Waals surface area contributed by atoms with Gasteiger partial charge < -0.3 is 5.32 Å². The minimum absolute atomic E-state index is 0.0976. The van der Waals surface area contributed by atoms with Gasteiger partial charge in [-0.15, -0.1) is 0 Å². The van der Waals surface area contributed by atoms with Gasteiger partial charge in [-0.2, -0.15) is 0 Å². The van der Waals surface area contributed by atoms with E-state index in [1.165, 1.54) is 17.2 Å². The number of sulfonamides is 1. The normalized spacial score (nSPS) is 11.2. The van der Waals surface area contributed by atoms with Gasteiger partial charge in [0.1, 0.15) is 0 Å². The van der Waals surface area contributed by atoms with Crippen molar-refractivity contribution in [2.24, 2.45) is 0 Å². The van der Waals surface area contributed by atoms with Crippen molar-refractivity contribution in [3.8, 4) is 0 Å². The summed E-state index contributed by atoms with van der Waals surface area (Å²) in [5, 5.41) is 2.88. The second-order valence-corrected chi connectivity index (χ2v) is 9.45. The molecule has 2 N–H and O–H groups in total. The summed E-state index contributed by atoms with van der Waals surface area (Å²) in [5.74, 6) is -0.282. The van der Waals surface area contributed by atoms with Crippen LogP contribution in [0.1, 0.15) is 39.0 Å². The van der Waals surface area contributed by atoms with Gasteiger partial charge in [-0.1, -0.05) is 53.6 Å². The van der Waals surface area contributed by atoms with Gasteiger partial charge in [-0.05, 0) is 69.0 Å². The Labute approximate surface area is 184 Å². The van der Waals surface area contributed by atoms with E-state index < -0.39 is 10.0 Å². The lowest BCUT2D eigenvalue weighted by Crippen LogP contribution is -2.25. The first-order valence-electron chi connectivity index (χ1n) is 10.3. The average Bonchev–Trinajstić information content (AvgIpc) is 2.74. The summed E-state index contributed by atoms with van der Waals surface area (Å²) in [6.07, 6.45) is 1.68. The van der Waals surface area contributed by atoms with Crippen molar-refractivity contribution in [1.29, 1.82) is 0 Å². The molecule has 0 spiro atoms. The number of benzene rings is 3. The molecule has 0 bridgehead atoms. The van der Waals surface area contributed by atoms with Gasteiger partial charge in [0.05, 0.1) is 4.90 Å². The molecule has 0 fully saturated rings. The summed E-state index contributed by atoms with van der Waals surface area (Å²) in [6.45, 7) is 6.22. The van der Waals surface area contributed by atoms with E-state index in [1.54, 1.807) is 31.2 Å². The van der Waals surface area contributed by atoms with Gasteiger partial charge in [-0.25, -0.2) is 8.42 Å². The van der Waals surface area contributed by atoms with Gasteiger partial charge in [-0.3, -0.25) is 9.52 Å². The molecule has 0 saturated carbocycles. The lowest BCUT2D eigenvalue weighted by Gasteiger charge is -2.12. The number of carbonyl (C=O) groups excluding carboxylic acids is 1. The van der Waals surface area contributed by atoms with Crippen molar-refractivity contribution >= 4 is 21.6 Å². The number of nitrogens with one attached hydrogen (secondary N) is 2. The molecule has 0 radical (unpaired) electrons. The number of hydrogen-bond acceptors (Lipinski definition) is 3. The molecule has 6 heteroatoms. The van der Waals surface area contributed by atoms with Crippen LogP contribution in [-0.4, -0.2) is 20.9 Å². The van der Waals surface area contributed by atoms with E-state index in [0.29, 0.717) is 23.4 Å². The highest BCUT2D eigenvalue weighted by Gasteiger charge is 2.19. The highest BCUT2D eigenvalue weighted by Crippen LogP contribution is 2.21. The summed E-state index contributed by atoms with van der Waals surface area (Å²) in [4.78, 5) is 12.7. The maximum Gasteiger partial charge on any atom is 0.262 e. The minimum Gasteiger partial charge on any atom is -0.352 e. The maximum absolute atomic E-state index is 12.9. The van der Waals surface area contributed by atoms with Crippen LogP contribution in [0.25, 0.3) is 0 Å². The highest BCUT2D eigenvalue weighted by molar-refractivity contribution is 7.92. The first kappa shape index (κ1) is 22.6. The number of hydrogen-bond donors (Lipinski definition) is 2. The van der Waals surface area contributed by atoms with E-state index in [9.17, 15) is 13.2 Å². The molecule has 0 atom stereocenters. The molecule has 0 aromatic heterocycles. The van der Waals surface area contributed by atoms with E-state index in [2.05, 4.69) is 41.2 Å². The zero-order valence-electron chi connectivity index (χ0n) is 18.1. The fourth-order valence-electron chi connectivity index (χ4n) is 3.21. The average molecular weight is 437 g/mol. The number of anilines is 1. The van der Waals surface area contributed by atoms with E-state index in [0.717, 1.165) is 18.4 Å². The molecule has 3 aromatic carbocycles. The van der Waals surface area contributed by atoms with Gasteiger partial charge >= 0.3 is 0 Å². The molecule has 1 amide bonds. The summed E-state index contributed by atoms with van der Waals surface area (Å²) in [5.41, 5.74) is 4.88. The second kappa shape index (κ2) is 9.79. The van der Waals surface area contributed by atoms with Crippen LogP contribution < -0.4 is 10.0 Å². The molecule has 0 heterocycles. The van der Waals surface area contributed by atoms with Crippen LogP contribution in [0.15, 0.2) is 71.6 Å². The Morgan fingerprint density at radius 2 is 1.45 bits per heavy atom. The molecular weight excluding hydrogens is 408 g/mol. The standard InChI is InChI=1S/C25H28N2O3S/c1-18-6-11-21(12-7-18)5-4-16-26-25(28)22-13-10-20(3)24(17-22)31(29,30)27-23-14-8-19(2)9-15-23/h6-15,17,27H,4-5,16H2,1-3H3,(H,26,28). The van der Waals surface area contributed by atoms with Crippen LogP contribution in [0.5, 0.6) is 0 Å². The number of rotatable bonds is 8. The molecule has 0 aliphatic rings. The van der Waals surface area contributed by atoms with E-state index in [1.807, 2.05) is 19.1 Å². The molecule has 5 nitrogen and oxygen atoms in total.